The third kappa shape index (κ3) is 5.69. The van der Waals surface area contributed by atoms with Gasteiger partial charge < -0.3 is 5.32 Å². The first-order valence-corrected chi connectivity index (χ1v) is 11.7. The maximum Gasteiger partial charge on any atom is 0.331 e. The summed E-state index contributed by atoms with van der Waals surface area (Å²) in [4.78, 5) is 38.7. The molecular formula is C27H25ClFN3O3. The van der Waals surface area contributed by atoms with Crippen LogP contribution in [0, 0.1) is 12.7 Å². The highest BCUT2D eigenvalue weighted by molar-refractivity contribution is 6.31. The van der Waals surface area contributed by atoms with Crippen molar-refractivity contribution in [3.05, 3.63) is 115 Å². The molecule has 1 heterocycles. The molecule has 6 nitrogen and oxygen atoms in total. The lowest BCUT2D eigenvalue weighted by Gasteiger charge is -2.15. The number of nitrogens with zero attached hydrogens (tertiary/aromatic N) is 2. The summed E-state index contributed by atoms with van der Waals surface area (Å²) in [6.07, 6.45) is 0.499. The van der Waals surface area contributed by atoms with Gasteiger partial charge in [0, 0.05) is 24.5 Å². The Morgan fingerprint density at radius 1 is 1.00 bits per heavy atom. The monoisotopic (exact) mass is 493 g/mol. The number of hydrogen-bond donors (Lipinski definition) is 1. The minimum absolute atomic E-state index is 0.0791. The van der Waals surface area contributed by atoms with Crippen LogP contribution < -0.4 is 16.6 Å². The van der Waals surface area contributed by atoms with E-state index in [0.717, 1.165) is 15.7 Å². The fraction of sp³-hybridized carbons (Fsp3) is 0.222. The summed E-state index contributed by atoms with van der Waals surface area (Å²) in [6, 6.07) is 18.7. The van der Waals surface area contributed by atoms with E-state index in [1.807, 2.05) is 31.2 Å². The minimum atomic E-state index is -0.505. The van der Waals surface area contributed by atoms with Crippen molar-refractivity contribution in [2.24, 2.45) is 0 Å². The SMILES string of the molecule is Cc1ccc(CNC(=O)CCCn2c(=O)c3ccccc3n(Cc3ccc(F)cc3Cl)c2=O)cc1. The number of benzene rings is 3. The maximum absolute atomic E-state index is 13.5. The summed E-state index contributed by atoms with van der Waals surface area (Å²) in [5.74, 6) is -0.626. The van der Waals surface area contributed by atoms with Gasteiger partial charge in [-0.25, -0.2) is 9.18 Å². The van der Waals surface area contributed by atoms with E-state index >= 15 is 0 Å². The molecule has 0 fully saturated rings. The van der Waals surface area contributed by atoms with Crippen LogP contribution in [0.2, 0.25) is 5.02 Å². The van der Waals surface area contributed by atoms with E-state index < -0.39 is 17.1 Å². The number of aryl methyl sites for hydroxylation is 1. The average Bonchev–Trinajstić information content (AvgIpc) is 2.84. The Morgan fingerprint density at radius 2 is 1.74 bits per heavy atom. The van der Waals surface area contributed by atoms with Crippen molar-refractivity contribution in [1.29, 1.82) is 0 Å². The number of halogens is 2. The molecule has 0 saturated heterocycles. The largest absolute Gasteiger partial charge is 0.352 e. The molecular weight excluding hydrogens is 469 g/mol. The second-order valence-corrected chi connectivity index (χ2v) is 8.85. The fourth-order valence-corrected chi connectivity index (χ4v) is 4.16. The van der Waals surface area contributed by atoms with Gasteiger partial charge in [0.15, 0.2) is 0 Å². The molecule has 0 spiro atoms. The van der Waals surface area contributed by atoms with Gasteiger partial charge in [0.25, 0.3) is 5.56 Å². The third-order valence-electron chi connectivity index (χ3n) is 5.87. The van der Waals surface area contributed by atoms with Gasteiger partial charge in [-0.2, -0.15) is 0 Å². The highest BCUT2D eigenvalue weighted by Gasteiger charge is 2.15. The highest BCUT2D eigenvalue weighted by Crippen LogP contribution is 2.19. The van der Waals surface area contributed by atoms with Gasteiger partial charge in [0.2, 0.25) is 5.91 Å². The van der Waals surface area contributed by atoms with Crippen molar-refractivity contribution in [1.82, 2.24) is 14.5 Å². The summed E-state index contributed by atoms with van der Waals surface area (Å²) in [7, 11) is 0. The van der Waals surface area contributed by atoms with E-state index in [1.54, 1.807) is 24.3 Å². The van der Waals surface area contributed by atoms with Crippen LogP contribution in [0.1, 0.15) is 29.5 Å². The van der Waals surface area contributed by atoms with E-state index in [0.29, 0.717) is 29.4 Å². The molecule has 180 valence electrons. The van der Waals surface area contributed by atoms with E-state index in [9.17, 15) is 18.8 Å². The van der Waals surface area contributed by atoms with Gasteiger partial charge in [-0.15, -0.1) is 0 Å². The van der Waals surface area contributed by atoms with E-state index in [4.69, 9.17) is 11.6 Å². The van der Waals surface area contributed by atoms with Crippen LogP contribution in [0.5, 0.6) is 0 Å². The van der Waals surface area contributed by atoms with Gasteiger partial charge in [-0.1, -0.05) is 59.6 Å². The van der Waals surface area contributed by atoms with Crippen molar-refractivity contribution in [2.45, 2.75) is 39.4 Å². The second-order valence-electron chi connectivity index (χ2n) is 8.44. The number of nitrogens with one attached hydrogen (secondary N) is 1. The third-order valence-corrected chi connectivity index (χ3v) is 6.22. The predicted molar refractivity (Wildman–Crippen MR) is 135 cm³/mol. The molecule has 0 radical (unpaired) electrons. The van der Waals surface area contributed by atoms with E-state index in [-0.39, 0.29) is 30.4 Å². The van der Waals surface area contributed by atoms with Crippen LogP contribution in [0.25, 0.3) is 10.9 Å². The van der Waals surface area contributed by atoms with Crippen molar-refractivity contribution < 1.29 is 9.18 Å². The number of amides is 1. The Hall–Kier alpha value is -3.71. The molecule has 1 N–H and O–H groups in total. The van der Waals surface area contributed by atoms with Gasteiger partial charge in [-0.3, -0.25) is 18.7 Å². The minimum Gasteiger partial charge on any atom is -0.352 e. The molecule has 4 aromatic rings. The van der Waals surface area contributed by atoms with Crippen molar-refractivity contribution in [2.75, 3.05) is 0 Å². The van der Waals surface area contributed by atoms with Crippen LogP contribution >= 0.6 is 11.6 Å². The molecule has 0 aliphatic rings. The smallest absolute Gasteiger partial charge is 0.331 e. The summed E-state index contributed by atoms with van der Waals surface area (Å²) >= 11 is 6.19. The van der Waals surface area contributed by atoms with Crippen LogP contribution in [0.4, 0.5) is 4.39 Å². The number of fused-ring (bicyclic) bond motifs is 1. The zero-order chi connectivity index (χ0) is 24.9. The van der Waals surface area contributed by atoms with Crippen molar-refractivity contribution in [3.8, 4) is 0 Å². The predicted octanol–water partition coefficient (Wildman–Crippen LogP) is 4.41. The number of rotatable bonds is 8. The van der Waals surface area contributed by atoms with Gasteiger partial charge in [0.05, 0.1) is 17.4 Å². The topological polar surface area (TPSA) is 73.1 Å². The first-order chi connectivity index (χ1) is 16.8. The molecule has 0 unspecified atom stereocenters. The molecule has 4 rings (SSSR count). The number of hydrogen-bond acceptors (Lipinski definition) is 3. The highest BCUT2D eigenvalue weighted by atomic mass is 35.5. The summed E-state index contributed by atoms with van der Waals surface area (Å²) in [5.41, 5.74) is 2.25. The number of para-hydroxylation sites is 1. The Morgan fingerprint density at radius 3 is 2.49 bits per heavy atom. The van der Waals surface area contributed by atoms with Gasteiger partial charge in [0.1, 0.15) is 5.82 Å². The van der Waals surface area contributed by atoms with Crippen LogP contribution in [0.3, 0.4) is 0 Å². The number of aromatic nitrogens is 2. The molecule has 0 atom stereocenters. The summed E-state index contributed by atoms with van der Waals surface area (Å²) in [5, 5.41) is 3.45. The van der Waals surface area contributed by atoms with E-state index in [1.165, 1.54) is 22.8 Å². The molecule has 35 heavy (non-hydrogen) atoms. The Bertz CT molecular complexity index is 1490. The quantitative estimate of drug-likeness (QED) is 0.395. The Labute approximate surface area is 206 Å². The molecule has 0 aliphatic carbocycles. The zero-order valence-electron chi connectivity index (χ0n) is 19.3. The van der Waals surface area contributed by atoms with Crippen LogP contribution in [0.15, 0.2) is 76.3 Å². The van der Waals surface area contributed by atoms with Crippen molar-refractivity contribution >= 4 is 28.4 Å². The molecule has 0 bridgehead atoms. The standard InChI is InChI=1S/C27H25ClFN3O3/c1-18-8-10-19(11-9-18)16-30-25(33)7-4-14-31-26(34)22-5-2-3-6-24(22)32(27(31)35)17-20-12-13-21(29)15-23(20)28/h2-3,5-6,8-13,15H,4,7,14,16-17H2,1H3,(H,30,33). The number of carbonyl (C=O) groups excluding carboxylic acids is 1. The number of carbonyl (C=O) groups is 1. The molecule has 3 aromatic carbocycles. The van der Waals surface area contributed by atoms with Gasteiger partial charge >= 0.3 is 5.69 Å². The first-order valence-electron chi connectivity index (χ1n) is 11.3. The normalized spacial score (nSPS) is 11.1. The second kappa shape index (κ2) is 10.7. The molecule has 0 saturated carbocycles. The lowest BCUT2D eigenvalue weighted by molar-refractivity contribution is -0.121. The fourth-order valence-electron chi connectivity index (χ4n) is 3.93. The summed E-state index contributed by atoms with van der Waals surface area (Å²) < 4.78 is 16.1. The maximum atomic E-state index is 13.5. The van der Waals surface area contributed by atoms with Crippen LogP contribution in [-0.4, -0.2) is 15.0 Å². The van der Waals surface area contributed by atoms with Crippen LogP contribution in [-0.2, 0) is 24.4 Å². The average molecular weight is 494 g/mol. The van der Waals surface area contributed by atoms with Crippen molar-refractivity contribution in [3.63, 3.8) is 0 Å². The molecule has 1 aromatic heterocycles. The van der Waals surface area contributed by atoms with Gasteiger partial charge in [-0.05, 0) is 48.7 Å². The lowest BCUT2D eigenvalue weighted by Crippen LogP contribution is -2.40. The first kappa shape index (κ1) is 24.4. The molecule has 8 heteroatoms. The van der Waals surface area contributed by atoms with E-state index in [2.05, 4.69) is 5.32 Å². The lowest BCUT2D eigenvalue weighted by atomic mass is 10.1. The molecule has 1 amide bonds. The Balaban J connectivity index is 1.52. The summed E-state index contributed by atoms with van der Waals surface area (Å²) in [6.45, 7) is 2.59. The Kier molecular flexibility index (Phi) is 7.46. The molecule has 0 aliphatic heterocycles. The zero-order valence-corrected chi connectivity index (χ0v) is 20.0.